The number of hydrogen-bond acceptors (Lipinski definition) is 3. The zero-order chi connectivity index (χ0) is 30.1. The fourth-order valence-corrected chi connectivity index (χ4v) is 4.18. The first-order valence-corrected chi connectivity index (χ1v) is 14.2. The Bertz CT molecular complexity index is 848. The van der Waals surface area contributed by atoms with Crippen LogP contribution in [0.15, 0.2) is 30.3 Å². The van der Waals surface area contributed by atoms with Gasteiger partial charge in [0.1, 0.15) is 6.04 Å². The number of amides is 1. The molecule has 4 nitrogen and oxygen atoms in total. The van der Waals surface area contributed by atoms with Crippen LogP contribution in [0.5, 0.6) is 0 Å². The largest absolute Gasteiger partial charge is 0.464 e. The third-order valence-corrected chi connectivity index (χ3v) is 6.65. The number of unbranched alkanes of at least 4 members (excludes halogenated alkanes) is 13. The van der Waals surface area contributed by atoms with Crippen LogP contribution in [-0.2, 0) is 20.7 Å². The maximum atomic E-state index is 13.8. The maximum absolute atomic E-state index is 13.8. The average molecular weight is 586 g/mol. The Kier molecular flexibility index (Phi) is 16.2. The van der Waals surface area contributed by atoms with Crippen LogP contribution in [0, 0.1) is 0 Å². The molecule has 0 saturated carbocycles. The molecule has 40 heavy (non-hydrogen) atoms. The SMILES string of the molecule is CCCCCCCCCCCCCCCCOC(=O)C(Cc1ccccc1)NC(=O)C(F)(F)C(F)(F)C(F)(F)F. The molecule has 0 aliphatic carbocycles. The molecular weight excluding hydrogens is 543 g/mol. The molecule has 0 spiro atoms. The lowest BCUT2D eigenvalue weighted by Crippen LogP contribution is -2.61. The van der Waals surface area contributed by atoms with Gasteiger partial charge in [0.15, 0.2) is 0 Å². The Labute approximate surface area is 232 Å². The van der Waals surface area contributed by atoms with Gasteiger partial charge in [-0.3, -0.25) is 4.79 Å². The van der Waals surface area contributed by atoms with Gasteiger partial charge in [0.2, 0.25) is 0 Å². The highest BCUT2D eigenvalue weighted by Gasteiger charge is 2.76. The molecule has 1 aromatic carbocycles. The minimum Gasteiger partial charge on any atom is -0.464 e. The summed E-state index contributed by atoms with van der Waals surface area (Å²) in [5, 5.41) is 1.34. The van der Waals surface area contributed by atoms with Crippen molar-refractivity contribution in [3.05, 3.63) is 35.9 Å². The molecule has 1 aromatic rings. The second-order valence-electron chi connectivity index (χ2n) is 10.1. The van der Waals surface area contributed by atoms with Gasteiger partial charge in [-0.05, 0) is 12.0 Å². The van der Waals surface area contributed by atoms with E-state index in [1.54, 1.807) is 18.2 Å². The molecule has 0 saturated heterocycles. The summed E-state index contributed by atoms with van der Waals surface area (Å²) in [7, 11) is 0. The fraction of sp³-hybridized carbons (Fsp3) is 0.724. The van der Waals surface area contributed by atoms with Crippen molar-refractivity contribution in [2.45, 2.75) is 127 Å². The van der Waals surface area contributed by atoms with E-state index in [1.165, 1.54) is 68.8 Å². The van der Waals surface area contributed by atoms with Crippen LogP contribution in [0.2, 0.25) is 0 Å². The lowest BCUT2D eigenvalue weighted by molar-refractivity contribution is -0.344. The number of hydrogen-bond donors (Lipinski definition) is 1. The van der Waals surface area contributed by atoms with Crippen LogP contribution >= 0.6 is 0 Å². The first kappa shape index (κ1) is 35.7. The van der Waals surface area contributed by atoms with Gasteiger partial charge in [0, 0.05) is 6.42 Å². The molecule has 1 N–H and O–H groups in total. The number of carbonyl (C=O) groups is 2. The summed E-state index contributed by atoms with van der Waals surface area (Å²) in [6, 6.07) is 5.77. The summed E-state index contributed by atoms with van der Waals surface area (Å²) >= 11 is 0. The lowest BCUT2D eigenvalue weighted by atomic mass is 10.0. The number of benzene rings is 1. The predicted molar refractivity (Wildman–Crippen MR) is 139 cm³/mol. The zero-order valence-corrected chi connectivity index (χ0v) is 23.1. The molecule has 1 unspecified atom stereocenters. The van der Waals surface area contributed by atoms with Crippen LogP contribution < -0.4 is 5.32 Å². The van der Waals surface area contributed by atoms with Crippen LogP contribution in [0.3, 0.4) is 0 Å². The van der Waals surface area contributed by atoms with E-state index in [2.05, 4.69) is 6.92 Å². The van der Waals surface area contributed by atoms with Gasteiger partial charge in [-0.15, -0.1) is 0 Å². The van der Waals surface area contributed by atoms with E-state index in [0.29, 0.717) is 12.0 Å². The standard InChI is InChI=1S/C29H42F7NO3/c1-2-3-4-5-6-7-8-9-10-11-12-13-14-18-21-40-25(38)24(22-23-19-16-15-17-20-23)37-26(39)27(30,31)28(32,33)29(34,35)36/h15-17,19-20,24H,2-14,18,21-22H2,1H3,(H,37,39). The first-order valence-electron chi connectivity index (χ1n) is 14.2. The molecule has 230 valence electrons. The molecule has 1 atom stereocenters. The van der Waals surface area contributed by atoms with Crippen LogP contribution in [0.1, 0.15) is 102 Å². The van der Waals surface area contributed by atoms with Gasteiger partial charge < -0.3 is 10.1 Å². The third-order valence-electron chi connectivity index (χ3n) is 6.65. The highest BCUT2D eigenvalue weighted by molar-refractivity contribution is 5.89. The quantitative estimate of drug-likeness (QED) is 0.0893. The van der Waals surface area contributed by atoms with E-state index in [4.69, 9.17) is 4.74 Å². The van der Waals surface area contributed by atoms with Gasteiger partial charge >= 0.3 is 24.0 Å². The van der Waals surface area contributed by atoms with Crippen molar-refractivity contribution in [2.24, 2.45) is 0 Å². The van der Waals surface area contributed by atoms with E-state index in [9.17, 15) is 40.3 Å². The first-order chi connectivity index (χ1) is 18.8. The van der Waals surface area contributed by atoms with Crippen molar-refractivity contribution >= 4 is 11.9 Å². The molecule has 0 aliphatic rings. The number of carbonyl (C=O) groups excluding carboxylic acids is 2. The molecule has 0 bridgehead atoms. The van der Waals surface area contributed by atoms with Crippen LogP contribution in [0.4, 0.5) is 30.7 Å². The predicted octanol–water partition coefficient (Wildman–Crippen LogP) is 8.57. The Morgan fingerprint density at radius 3 is 1.62 bits per heavy atom. The summed E-state index contributed by atoms with van der Waals surface area (Å²) in [6.07, 6.45) is 8.41. The highest BCUT2D eigenvalue weighted by atomic mass is 19.4. The van der Waals surface area contributed by atoms with Gasteiger partial charge in [-0.25, -0.2) is 4.79 Å². The summed E-state index contributed by atoms with van der Waals surface area (Å²) in [5.41, 5.74) is 0.354. The Morgan fingerprint density at radius 1 is 0.725 bits per heavy atom. The summed E-state index contributed by atoms with van der Waals surface area (Å²) < 4.78 is 96.7. The molecule has 1 amide bonds. The Morgan fingerprint density at radius 2 is 1.18 bits per heavy atom. The van der Waals surface area contributed by atoms with Crippen LogP contribution in [0.25, 0.3) is 0 Å². The molecule has 0 aliphatic heterocycles. The van der Waals surface area contributed by atoms with Crippen molar-refractivity contribution in [3.63, 3.8) is 0 Å². The third kappa shape index (κ3) is 12.5. The number of nitrogens with one attached hydrogen (secondary N) is 1. The summed E-state index contributed by atoms with van der Waals surface area (Å²) in [4.78, 5) is 24.3. The minimum absolute atomic E-state index is 0.104. The minimum atomic E-state index is -6.67. The van der Waals surface area contributed by atoms with Gasteiger partial charge in [-0.1, -0.05) is 121 Å². The van der Waals surface area contributed by atoms with Crippen LogP contribution in [-0.4, -0.2) is 42.5 Å². The van der Waals surface area contributed by atoms with Gasteiger partial charge in [0.25, 0.3) is 5.91 Å². The number of ether oxygens (including phenoxy) is 1. The van der Waals surface area contributed by atoms with E-state index >= 15 is 0 Å². The molecule has 11 heteroatoms. The maximum Gasteiger partial charge on any atom is 0.460 e. The molecule has 0 radical (unpaired) electrons. The van der Waals surface area contributed by atoms with Crippen molar-refractivity contribution in [2.75, 3.05) is 6.61 Å². The van der Waals surface area contributed by atoms with E-state index in [1.807, 2.05) is 0 Å². The van der Waals surface area contributed by atoms with E-state index < -0.39 is 42.4 Å². The van der Waals surface area contributed by atoms with Gasteiger partial charge in [-0.2, -0.15) is 30.7 Å². The second kappa shape index (κ2) is 18.2. The fourth-order valence-electron chi connectivity index (χ4n) is 4.18. The number of esters is 1. The molecule has 0 aromatic heterocycles. The van der Waals surface area contributed by atoms with Crippen molar-refractivity contribution in [1.29, 1.82) is 0 Å². The van der Waals surface area contributed by atoms with E-state index in [-0.39, 0.29) is 6.61 Å². The Balaban J connectivity index is 2.45. The number of rotatable bonds is 21. The normalized spacial score (nSPS) is 13.2. The number of halogens is 7. The van der Waals surface area contributed by atoms with Gasteiger partial charge in [0.05, 0.1) is 6.61 Å². The topological polar surface area (TPSA) is 55.4 Å². The van der Waals surface area contributed by atoms with Crippen molar-refractivity contribution in [3.8, 4) is 0 Å². The average Bonchev–Trinajstić information content (AvgIpc) is 2.90. The molecule has 0 heterocycles. The van der Waals surface area contributed by atoms with Crippen molar-refractivity contribution in [1.82, 2.24) is 5.32 Å². The zero-order valence-electron chi connectivity index (χ0n) is 23.1. The second-order valence-corrected chi connectivity index (χ2v) is 10.1. The monoisotopic (exact) mass is 585 g/mol. The Hall–Kier alpha value is -2.33. The summed E-state index contributed by atoms with van der Waals surface area (Å²) in [5.74, 6) is -16.9. The summed E-state index contributed by atoms with van der Waals surface area (Å²) in [6.45, 7) is 2.10. The lowest BCUT2D eigenvalue weighted by Gasteiger charge is -2.28. The molecular formula is C29H42F7NO3. The molecule has 1 rings (SSSR count). The number of alkyl halides is 7. The van der Waals surface area contributed by atoms with Crippen molar-refractivity contribution < 1.29 is 45.1 Å². The molecule has 0 fully saturated rings. The van der Waals surface area contributed by atoms with E-state index in [0.717, 1.165) is 32.1 Å². The smallest absolute Gasteiger partial charge is 0.460 e. The highest BCUT2D eigenvalue weighted by Crippen LogP contribution is 2.46.